The Morgan fingerprint density at radius 1 is 1.26 bits per heavy atom. The van der Waals surface area contributed by atoms with Gasteiger partial charge < -0.3 is 19.7 Å². The van der Waals surface area contributed by atoms with Gasteiger partial charge in [0.25, 0.3) is 0 Å². The van der Waals surface area contributed by atoms with E-state index < -0.39 is 0 Å². The normalized spacial score (nSPS) is 15.0. The third kappa shape index (κ3) is 7.67. The predicted octanol–water partition coefficient (Wildman–Crippen LogP) is 1.79. The Morgan fingerprint density at radius 3 is 2.67 bits per heavy atom. The lowest BCUT2D eigenvalue weighted by Gasteiger charge is -2.28. The van der Waals surface area contributed by atoms with E-state index >= 15 is 0 Å². The van der Waals surface area contributed by atoms with Gasteiger partial charge in [0.2, 0.25) is 11.9 Å². The summed E-state index contributed by atoms with van der Waals surface area (Å²) in [6.07, 6.45) is 1.04. The summed E-state index contributed by atoms with van der Waals surface area (Å²) in [6, 6.07) is 0. The Morgan fingerprint density at radius 2 is 2.00 bits per heavy atom. The lowest BCUT2D eigenvalue weighted by atomic mass is 10.2. The summed E-state index contributed by atoms with van der Waals surface area (Å²) in [5, 5.41) is 12.5. The van der Waals surface area contributed by atoms with Gasteiger partial charge in [-0.15, -0.1) is 10.2 Å². The van der Waals surface area contributed by atoms with Crippen molar-refractivity contribution in [2.24, 2.45) is 5.92 Å². The number of rotatable bonds is 11. The van der Waals surface area contributed by atoms with Crippen molar-refractivity contribution in [1.82, 2.24) is 20.1 Å². The molecule has 0 aromatic carbocycles. The highest BCUT2D eigenvalue weighted by Crippen LogP contribution is 2.24. The first kappa shape index (κ1) is 22.0. The lowest BCUT2D eigenvalue weighted by Crippen LogP contribution is -2.38. The fourth-order valence-corrected chi connectivity index (χ4v) is 3.48. The highest BCUT2D eigenvalue weighted by atomic mass is 32.2. The predicted molar refractivity (Wildman–Crippen MR) is 107 cm³/mol. The number of aromatic nitrogens is 3. The highest BCUT2D eigenvalue weighted by Gasteiger charge is 2.21. The quantitative estimate of drug-likeness (QED) is 0.449. The first-order valence-corrected chi connectivity index (χ1v) is 10.7. The first-order chi connectivity index (χ1) is 13.0. The van der Waals surface area contributed by atoms with Gasteiger partial charge in [-0.2, -0.15) is 0 Å². The lowest BCUT2D eigenvalue weighted by molar-refractivity contribution is -0.118. The van der Waals surface area contributed by atoms with E-state index in [0.29, 0.717) is 38.0 Å². The SMILES string of the molecule is CC(C)Cn1c(SCC(=O)NCCCOC(C)C)nnc1N1CCOCC1. The molecule has 2 heterocycles. The van der Waals surface area contributed by atoms with Crippen molar-refractivity contribution in [3.05, 3.63) is 0 Å². The van der Waals surface area contributed by atoms with Crippen LogP contribution in [0.5, 0.6) is 0 Å². The molecule has 9 heteroatoms. The molecule has 2 rings (SSSR count). The number of amides is 1. The molecule has 1 amide bonds. The van der Waals surface area contributed by atoms with E-state index in [1.54, 1.807) is 0 Å². The van der Waals surface area contributed by atoms with E-state index in [0.717, 1.165) is 37.2 Å². The van der Waals surface area contributed by atoms with Gasteiger partial charge in [0.05, 0.1) is 25.1 Å². The molecule has 1 aliphatic heterocycles. The topological polar surface area (TPSA) is 81.5 Å². The zero-order valence-corrected chi connectivity index (χ0v) is 17.8. The van der Waals surface area contributed by atoms with Crippen LogP contribution in [-0.4, -0.2) is 72.0 Å². The molecular weight excluding hydrogens is 366 g/mol. The number of hydrogen-bond acceptors (Lipinski definition) is 7. The molecule has 0 unspecified atom stereocenters. The maximum Gasteiger partial charge on any atom is 0.230 e. The van der Waals surface area contributed by atoms with E-state index in [9.17, 15) is 4.79 Å². The van der Waals surface area contributed by atoms with E-state index in [1.165, 1.54) is 11.8 Å². The second-order valence-corrected chi connectivity index (χ2v) is 8.24. The first-order valence-electron chi connectivity index (χ1n) is 9.74. The zero-order valence-electron chi connectivity index (χ0n) is 16.9. The Labute approximate surface area is 166 Å². The number of anilines is 1. The van der Waals surface area contributed by atoms with Crippen LogP contribution >= 0.6 is 11.8 Å². The number of thioether (sulfide) groups is 1. The van der Waals surface area contributed by atoms with Crippen LogP contribution in [0.3, 0.4) is 0 Å². The van der Waals surface area contributed by atoms with Crippen LogP contribution in [0, 0.1) is 5.92 Å². The molecule has 8 nitrogen and oxygen atoms in total. The largest absolute Gasteiger partial charge is 0.379 e. The van der Waals surface area contributed by atoms with Crippen LogP contribution in [-0.2, 0) is 20.8 Å². The number of morpholine rings is 1. The van der Waals surface area contributed by atoms with E-state index in [2.05, 4.69) is 38.8 Å². The summed E-state index contributed by atoms with van der Waals surface area (Å²) >= 11 is 1.44. The second kappa shape index (κ2) is 11.5. The number of nitrogens with zero attached hydrogens (tertiary/aromatic N) is 4. The number of ether oxygens (including phenoxy) is 2. The molecule has 1 saturated heterocycles. The maximum absolute atomic E-state index is 12.1. The molecule has 0 saturated carbocycles. The average Bonchev–Trinajstić information content (AvgIpc) is 3.02. The summed E-state index contributed by atoms with van der Waals surface area (Å²) in [6.45, 7) is 13.5. The van der Waals surface area contributed by atoms with Gasteiger partial charge >= 0.3 is 0 Å². The van der Waals surface area contributed by atoms with Crippen molar-refractivity contribution in [1.29, 1.82) is 0 Å². The van der Waals surface area contributed by atoms with Gasteiger partial charge in [-0.1, -0.05) is 25.6 Å². The van der Waals surface area contributed by atoms with E-state index in [4.69, 9.17) is 9.47 Å². The molecule has 0 aliphatic carbocycles. The average molecular weight is 400 g/mol. The van der Waals surface area contributed by atoms with Crippen molar-refractivity contribution in [2.45, 2.75) is 51.9 Å². The number of carbonyl (C=O) groups excluding carboxylic acids is 1. The van der Waals surface area contributed by atoms with Gasteiger partial charge in [-0.3, -0.25) is 9.36 Å². The minimum Gasteiger partial charge on any atom is -0.379 e. The summed E-state index contributed by atoms with van der Waals surface area (Å²) < 4.78 is 13.0. The standard InChI is InChI=1S/C18H33N5O3S/c1-14(2)12-23-17(22-7-10-25-11-8-22)20-21-18(23)27-13-16(24)19-6-5-9-26-15(3)4/h14-15H,5-13H2,1-4H3,(H,19,24). The monoisotopic (exact) mass is 399 g/mol. The molecule has 1 N–H and O–H groups in total. The van der Waals surface area contributed by atoms with Crippen molar-refractivity contribution < 1.29 is 14.3 Å². The zero-order chi connectivity index (χ0) is 19.6. The summed E-state index contributed by atoms with van der Waals surface area (Å²) in [5.74, 6) is 1.69. The molecular formula is C18H33N5O3S. The molecule has 27 heavy (non-hydrogen) atoms. The Bertz CT molecular complexity index is 573. The van der Waals surface area contributed by atoms with Crippen molar-refractivity contribution in [2.75, 3.05) is 50.1 Å². The van der Waals surface area contributed by atoms with Gasteiger partial charge in [-0.25, -0.2) is 0 Å². The van der Waals surface area contributed by atoms with Crippen molar-refractivity contribution >= 4 is 23.6 Å². The Hall–Kier alpha value is -1.32. The number of nitrogens with one attached hydrogen (secondary N) is 1. The van der Waals surface area contributed by atoms with Crippen LogP contribution in [0.4, 0.5) is 5.95 Å². The smallest absolute Gasteiger partial charge is 0.230 e. The molecule has 1 aromatic rings. The molecule has 0 atom stereocenters. The van der Waals surface area contributed by atoms with Gasteiger partial charge in [-0.05, 0) is 26.2 Å². The van der Waals surface area contributed by atoms with Crippen LogP contribution in [0.25, 0.3) is 0 Å². The van der Waals surface area contributed by atoms with E-state index in [-0.39, 0.29) is 12.0 Å². The van der Waals surface area contributed by atoms with Crippen LogP contribution in [0.15, 0.2) is 5.16 Å². The molecule has 1 aromatic heterocycles. The minimum atomic E-state index is 0.0107. The second-order valence-electron chi connectivity index (χ2n) is 7.30. The van der Waals surface area contributed by atoms with E-state index in [1.807, 2.05) is 13.8 Å². The Kier molecular flexibility index (Phi) is 9.36. The molecule has 1 aliphatic rings. The van der Waals surface area contributed by atoms with Crippen molar-refractivity contribution in [3.63, 3.8) is 0 Å². The summed E-state index contributed by atoms with van der Waals surface area (Å²) in [5.41, 5.74) is 0. The minimum absolute atomic E-state index is 0.0107. The fraction of sp³-hybridized carbons (Fsp3) is 0.833. The number of carbonyl (C=O) groups is 1. The van der Waals surface area contributed by atoms with Crippen LogP contribution in [0.1, 0.15) is 34.1 Å². The fourth-order valence-electron chi connectivity index (χ4n) is 2.71. The van der Waals surface area contributed by atoms with Gasteiger partial charge in [0, 0.05) is 32.8 Å². The summed E-state index contributed by atoms with van der Waals surface area (Å²) in [7, 11) is 0. The van der Waals surface area contributed by atoms with Gasteiger partial charge in [0.15, 0.2) is 5.16 Å². The third-order valence-corrected chi connectivity index (χ3v) is 4.93. The number of hydrogen-bond donors (Lipinski definition) is 1. The molecule has 154 valence electrons. The molecule has 0 spiro atoms. The van der Waals surface area contributed by atoms with Crippen LogP contribution in [0.2, 0.25) is 0 Å². The molecule has 1 fully saturated rings. The third-order valence-electron chi connectivity index (χ3n) is 3.97. The maximum atomic E-state index is 12.1. The molecule has 0 bridgehead atoms. The van der Waals surface area contributed by atoms with Gasteiger partial charge in [0.1, 0.15) is 0 Å². The Balaban J connectivity index is 1.85. The molecule has 0 radical (unpaired) electrons. The van der Waals surface area contributed by atoms with Crippen molar-refractivity contribution in [3.8, 4) is 0 Å². The highest BCUT2D eigenvalue weighted by molar-refractivity contribution is 7.99. The van der Waals surface area contributed by atoms with Crippen LogP contribution < -0.4 is 10.2 Å². The summed E-state index contributed by atoms with van der Waals surface area (Å²) in [4.78, 5) is 14.3.